The average molecular weight is 309 g/mol. The summed E-state index contributed by atoms with van der Waals surface area (Å²) >= 11 is 0. The number of nitrogens with one attached hydrogen (secondary N) is 1. The smallest absolute Gasteiger partial charge is 0.234 e. The normalized spacial score (nSPS) is 14.6. The Morgan fingerprint density at radius 2 is 2.00 bits per heavy atom. The van der Waals surface area contributed by atoms with E-state index in [4.69, 9.17) is 5.73 Å². The van der Waals surface area contributed by atoms with E-state index in [1.807, 2.05) is 32.9 Å². The molecule has 23 heavy (non-hydrogen) atoms. The molecule has 3 N–H and O–H groups in total. The van der Waals surface area contributed by atoms with E-state index >= 15 is 0 Å². The van der Waals surface area contributed by atoms with Crippen molar-refractivity contribution < 1.29 is 4.79 Å². The first-order valence-corrected chi connectivity index (χ1v) is 7.37. The Labute approximate surface area is 134 Å². The number of rotatable bonds is 3. The lowest BCUT2D eigenvalue weighted by Gasteiger charge is -2.42. The molecule has 0 spiro atoms. The summed E-state index contributed by atoms with van der Waals surface area (Å²) in [6, 6.07) is 5.53. The number of carbonyl (C=O) groups is 1. The first-order valence-electron chi connectivity index (χ1n) is 7.37. The van der Waals surface area contributed by atoms with Gasteiger partial charge < -0.3 is 5.73 Å². The molecule has 0 radical (unpaired) electrons. The molecule has 6 heteroatoms. The summed E-state index contributed by atoms with van der Waals surface area (Å²) in [7, 11) is 0. The summed E-state index contributed by atoms with van der Waals surface area (Å²) in [5.41, 5.74) is 6.47. The maximum Gasteiger partial charge on any atom is 0.234 e. The summed E-state index contributed by atoms with van der Waals surface area (Å²) in [6.07, 6.45) is 6.73. The van der Waals surface area contributed by atoms with Crippen molar-refractivity contribution in [2.75, 3.05) is 0 Å². The van der Waals surface area contributed by atoms with E-state index in [2.05, 4.69) is 20.2 Å². The molecule has 1 unspecified atom stereocenters. The number of nitrogens with zero attached hydrogens (tertiary/aromatic N) is 3. The average Bonchev–Trinajstić information content (AvgIpc) is 2.95. The largest absolute Gasteiger partial charge is 0.369 e. The Balaban J connectivity index is 2.37. The van der Waals surface area contributed by atoms with Gasteiger partial charge in [-0.05, 0) is 23.1 Å². The molecule has 0 saturated heterocycles. The van der Waals surface area contributed by atoms with Crippen LogP contribution in [-0.4, -0.2) is 26.1 Å². The van der Waals surface area contributed by atoms with Crippen LogP contribution in [0.3, 0.4) is 0 Å². The Morgan fingerprint density at radius 1 is 1.22 bits per heavy atom. The van der Waals surface area contributed by atoms with Crippen LogP contribution in [0.1, 0.15) is 32.0 Å². The van der Waals surface area contributed by atoms with Crippen molar-refractivity contribution in [1.82, 2.24) is 20.2 Å². The molecule has 0 aromatic carbocycles. The molecule has 1 amide bonds. The number of primary amides is 1. The predicted octanol–water partition coefficient (Wildman–Crippen LogP) is 2.17. The molecule has 3 aromatic heterocycles. The van der Waals surface area contributed by atoms with Gasteiger partial charge in [-0.25, -0.2) is 0 Å². The minimum atomic E-state index is -1.09. The van der Waals surface area contributed by atoms with Crippen molar-refractivity contribution in [3.63, 3.8) is 0 Å². The van der Waals surface area contributed by atoms with Gasteiger partial charge in [-0.3, -0.25) is 19.9 Å². The topological polar surface area (TPSA) is 97.5 Å². The second-order valence-electron chi connectivity index (χ2n) is 6.63. The first kappa shape index (κ1) is 15.1. The van der Waals surface area contributed by atoms with Crippen LogP contribution in [0.5, 0.6) is 0 Å². The van der Waals surface area contributed by atoms with Gasteiger partial charge >= 0.3 is 0 Å². The van der Waals surface area contributed by atoms with Gasteiger partial charge in [0.05, 0.1) is 23.6 Å². The molecule has 0 aliphatic carbocycles. The van der Waals surface area contributed by atoms with Gasteiger partial charge in [0, 0.05) is 17.8 Å². The summed E-state index contributed by atoms with van der Waals surface area (Å²) in [5.74, 6) is -0.451. The second-order valence-corrected chi connectivity index (χ2v) is 6.63. The van der Waals surface area contributed by atoms with E-state index in [1.54, 1.807) is 30.9 Å². The van der Waals surface area contributed by atoms with Gasteiger partial charge in [-0.2, -0.15) is 5.10 Å². The highest BCUT2D eigenvalue weighted by molar-refractivity contribution is 5.92. The zero-order chi connectivity index (χ0) is 16.7. The van der Waals surface area contributed by atoms with E-state index in [0.29, 0.717) is 5.69 Å². The lowest BCUT2D eigenvalue weighted by Crippen LogP contribution is -2.52. The fourth-order valence-corrected chi connectivity index (χ4v) is 3.24. The number of aromatic nitrogens is 4. The molecule has 3 heterocycles. The van der Waals surface area contributed by atoms with Gasteiger partial charge in [0.25, 0.3) is 0 Å². The number of aromatic amines is 1. The van der Waals surface area contributed by atoms with Crippen molar-refractivity contribution in [3.8, 4) is 0 Å². The summed E-state index contributed by atoms with van der Waals surface area (Å²) < 4.78 is 0. The molecule has 6 nitrogen and oxygen atoms in total. The van der Waals surface area contributed by atoms with Gasteiger partial charge in [-0.15, -0.1) is 0 Å². The van der Waals surface area contributed by atoms with Crippen LogP contribution in [-0.2, 0) is 10.2 Å². The fraction of sp³-hybridized carbons (Fsp3) is 0.294. The Bertz CT molecular complexity index is 850. The number of pyridine rings is 2. The Morgan fingerprint density at radius 3 is 2.61 bits per heavy atom. The summed E-state index contributed by atoms with van der Waals surface area (Å²) in [4.78, 5) is 21.4. The van der Waals surface area contributed by atoms with Crippen LogP contribution in [0.2, 0.25) is 0 Å². The summed E-state index contributed by atoms with van der Waals surface area (Å²) in [6.45, 7) is 5.93. The zero-order valence-electron chi connectivity index (χ0n) is 13.4. The Kier molecular flexibility index (Phi) is 3.39. The van der Waals surface area contributed by atoms with Crippen LogP contribution >= 0.6 is 0 Å². The molecule has 1 atom stereocenters. The first-order chi connectivity index (χ1) is 10.9. The van der Waals surface area contributed by atoms with E-state index in [9.17, 15) is 4.79 Å². The number of fused-ring (bicyclic) bond motifs is 1. The van der Waals surface area contributed by atoms with Crippen LogP contribution in [0.4, 0.5) is 0 Å². The minimum Gasteiger partial charge on any atom is -0.369 e. The lowest BCUT2D eigenvalue weighted by atomic mass is 9.60. The molecular weight excluding hydrogens is 290 g/mol. The van der Waals surface area contributed by atoms with Crippen LogP contribution in [0.15, 0.2) is 43.0 Å². The quantitative estimate of drug-likeness (QED) is 0.774. The maximum absolute atomic E-state index is 12.7. The third-order valence-electron chi connectivity index (χ3n) is 4.30. The standard InChI is InChI=1S/C17H19N5O/c1-16(2,3)17(15(18)23,12-5-4-6-19-9-12)14-7-11-8-21-22-13(11)10-20-14/h4-10H,1-3H3,(H2,18,23)(H,21,22). The maximum atomic E-state index is 12.7. The van der Waals surface area contributed by atoms with E-state index in [1.165, 1.54) is 0 Å². The van der Waals surface area contributed by atoms with E-state index in [0.717, 1.165) is 16.5 Å². The van der Waals surface area contributed by atoms with Crippen molar-refractivity contribution >= 4 is 16.8 Å². The molecule has 3 rings (SSSR count). The molecule has 0 fully saturated rings. The zero-order valence-corrected chi connectivity index (χ0v) is 13.4. The van der Waals surface area contributed by atoms with Gasteiger partial charge in [0.2, 0.25) is 5.91 Å². The molecule has 0 saturated carbocycles. The number of hydrogen-bond donors (Lipinski definition) is 2. The fourth-order valence-electron chi connectivity index (χ4n) is 3.24. The third kappa shape index (κ3) is 2.18. The molecule has 118 valence electrons. The van der Waals surface area contributed by atoms with Gasteiger partial charge in [-0.1, -0.05) is 26.8 Å². The number of hydrogen-bond acceptors (Lipinski definition) is 4. The number of H-pyrrole nitrogens is 1. The lowest BCUT2D eigenvalue weighted by molar-refractivity contribution is -0.125. The highest BCUT2D eigenvalue weighted by Crippen LogP contribution is 2.46. The highest BCUT2D eigenvalue weighted by atomic mass is 16.1. The Hall–Kier alpha value is -2.76. The van der Waals surface area contributed by atoms with Crippen molar-refractivity contribution in [3.05, 3.63) is 54.2 Å². The minimum absolute atomic E-state index is 0.451. The monoisotopic (exact) mass is 309 g/mol. The molecule has 0 bridgehead atoms. The molecule has 0 aliphatic rings. The van der Waals surface area contributed by atoms with E-state index < -0.39 is 16.7 Å². The van der Waals surface area contributed by atoms with Gasteiger partial charge in [0.1, 0.15) is 5.41 Å². The summed E-state index contributed by atoms with van der Waals surface area (Å²) in [5, 5.41) is 7.76. The molecular formula is C17H19N5O. The predicted molar refractivity (Wildman–Crippen MR) is 87.6 cm³/mol. The third-order valence-corrected chi connectivity index (χ3v) is 4.30. The van der Waals surface area contributed by atoms with Crippen molar-refractivity contribution in [2.45, 2.75) is 26.2 Å². The molecule has 3 aromatic rings. The molecule has 0 aliphatic heterocycles. The van der Waals surface area contributed by atoms with Crippen molar-refractivity contribution in [2.24, 2.45) is 11.1 Å². The second kappa shape index (κ2) is 5.15. The van der Waals surface area contributed by atoms with E-state index in [-0.39, 0.29) is 0 Å². The SMILES string of the molecule is CC(C)(C)C(C(N)=O)(c1cccnc1)c1cc2cn[nH]c2cn1. The number of amides is 1. The highest BCUT2D eigenvalue weighted by Gasteiger charge is 2.51. The van der Waals surface area contributed by atoms with Crippen LogP contribution in [0.25, 0.3) is 10.9 Å². The van der Waals surface area contributed by atoms with Gasteiger partial charge in [0.15, 0.2) is 0 Å². The van der Waals surface area contributed by atoms with Crippen molar-refractivity contribution in [1.29, 1.82) is 0 Å². The number of carbonyl (C=O) groups excluding carboxylic acids is 1. The van der Waals surface area contributed by atoms with Crippen LogP contribution < -0.4 is 5.73 Å². The van der Waals surface area contributed by atoms with Crippen LogP contribution in [0, 0.1) is 5.41 Å². The number of nitrogens with two attached hydrogens (primary N) is 1.